The summed E-state index contributed by atoms with van der Waals surface area (Å²) in [5.74, 6) is 0.171. The standard InChI is InChI=1S/C16H14ClNO5S/c1-9(23-16(20)13-4-5-14(17)24-13)15(19)18-10-2-3-11-12(8-10)22-7-6-21-11/h2-5,8-9H,6-7H2,1H3,(H,18,19)/t9-/m1/s1. The van der Waals surface area contributed by atoms with Crippen molar-refractivity contribution in [1.29, 1.82) is 0 Å². The summed E-state index contributed by atoms with van der Waals surface area (Å²) in [5, 5.41) is 2.68. The minimum Gasteiger partial charge on any atom is -0.486 e. The van der Waals surface area contributed by atoms with E-state index in [1.54, 1.807) is 30.3 Å². The van der Waals surface area contributed by atoms with Gasteiger partial charge < -0.3 is 19.5 Å². The molecule has 24 heavy (non-hydrogen) atoms. The molecule has 1 aliphatic heterocycles. The van der Waals surface area contributed by atoms with Crippen molar-refractivity contribution >= 4 is 40.5 Å². The Morgan fingerprint density at radius 2 is 1.96 bits per heavy atom. The van der Waals surface area contributed by atoms with Gasteiger partial charge in [0.1, 0.15) is 18.1 Å². The molecule has 0 saturated heterocycles. The summed E-state index contributed by atoms with van der Waals surface area (Å²) >= 11 is 6.88. The molecule has 1 amide bonds. The molecule has 1 aliphatic rings. The first-order chi connectivity index (χ1) is 11.5. The quantitative estimate of drug-likeness (QED) is 0.839. The van der Waals surface area contributed by atoms with Crippen LogP contribution in [0.2, 0.25) is 4.34 Å². The van der Waals surface area contributed by atoms with Crippen LogP contribution in [-0.2, 0) is 9.53 Å². The molecule has 0 bridgehead atoms. The van der Waals surface area contributed by atoms with Crippen LogP contribution in [0.3, 0.4) is 0 Å². The Balaban J connectivity index is 1.60. The van der Waals surface area contributed by atoms with Crippen LogP contribution >= 0.6 is 22.9 Å². The van der Waals surface area contributed by atoms with Gasteiger partial charge in [0.25, 0.3) is 5.91 Å². The predicted molar refractivity (Wildman–Crippen MR) is 90.3 cm³/mol. The molecular weight excluding hydrogens is 354 g/mol. The van der Waals surface area contributed by atoms with Crippen LogP contribution in [0.15, 0.2) is 30.3 Å². The molecule has 0 fully saturated rings. The fourth-order valence-electron chi connectivity index (χ4n) is 2.06. The lowest BCUT2D eigenvalue weighted by atomic mass is 10.2. The Morgan fingerprint density at radius 1 is 1.21 bits per heavy atom. The van der Waals surface area contributed by atoms with E-state index in [4.69, 9.17) is 25.8 Å². The van der Waals surface area contributed by atoms with Crippen molar-refractivity contribution in [2.75, 3.05) is 18.5 Å². The number of esters is 1. The summed E-state index contributed by atoms with van der Waals surface area (Å²) in [6.45, 7) is 2.46. The number of ether oxygens (including phenoxy) is 3. The largest absolute Gasteiger partial charge is 0.486 e. The number of amides is 1. The predicted octanol–water partition coefficient (Wildman–Crippen LogP) is 3.36. The van der Waals surface area contributed by atoms with Gasteiger partial charge in [-0.1, -0.05) is 11.6 Å². The Morgan fingerprint density at radius 3 is 2.67 bits per heavy atom. The molecule has 6 nitrogen and oxygen atoms in total. The molecule has 1 aromatic heterocycles. The monoisotopic (exact) mass is 367 g/mol. The minimum absolute atomic E-state index is 0.346. The van der Waals surface area contributed by atoms with Crippen molar-refractivity contribution in [3.63, 3.8) is 0 Å². The molecule has 8 heteroatoms. The number of rotatable bonds is 4. The maximum Gasteiger partial charge on any atom is 0.349 e. The second-order valence-electron chi connectivity index (χ2n) is 5.00. The van der Waals surface area contributed by atoms with E-state index in [9.17, 15) is 9.59 Å². The smallest absolute Gasteiger partial charge is 0.349 e. The van der Waals surface area contributed by atoms with Crippen molar-refractivity contribution < 1.29 is 23.8 Å². The maximum atomic E-state index is 12.2. The molecule has 1 N–H and O–H groups in total. The molecule has 3 rings (SSSR count). The van der Waals surface area contributed by atoms with Crippen molar-refractivity contribution in [1.82, 2.24) is 0 Å². The first kappa shape index (κ1) is 16.6. The zero-order valence-corrected chi connectivity index (χ0v) is 14.3. The number of anilines is 1. The second kappa shape index (κ2) is 7.11. The van der Waals surface area contributed by atoms with Gasteiger partial charge in [-0.2, -0.15) is 0 Å². The van der Waals surface area contributed by atoms with E-state index in [-0.39, 0.29) is 0 Å². The first-order valence-corrected chi connectivity index (χ1v) is 8.39. The summed E-state index contributed by atoms with van der Waals surface area (Å²) < 4.78 is 16.5. The number of carbonyl (C=O) groups excluding carboxylic acids is 2. The van der Waals surface area contributed by atoms with Crippen LogP contribution in [0, 0.1) is 0 Å². The normalized spacial score (nSPS) is 13.9. The number of benzene rings is 1. The topological polar surface area (TPSA) is 73.9 Å². The first-order valence-electron chi connectivity index (χ1n) is 7.20. The average Bonchev–Trinajstić information content (AvgIpc) is 3.01. The molecule has 0 unspecified atom stereocenters. The summed E-state index contributed by atoms with van der Waals surface area (Å²) in [4.78, 5) is 24.4. The fraction of sp³-hybridized carbons (Fsp3) is 0.250. The van der Waals surface area contributed by atoms with Gasteiger partial charge >= 0.3 is 5.97 Å². The van der Waals surface area contributed by atoms with Crippen molar-refractivity contribution in [2.24, 2.45) is 0 Å². The summed E-state index contributed by atoms with van der Waals surface area (Å²) in [6.07, 6.45) is -0.952. The molecule has 0 radical (unpaired) electrons. The lowest BCUT2D eigenvalue weighted by molar-refractivity contribution is -0.123. The number of thiophene rings is 1. The van der Waals surface area contributed by atoms with Gasteiger partial charge in [-0.25, -0.2) is 4.79 Å². The molecule has 2 heterocycles. The minimum atomic E-state index is -0.952. The zero-order valence-electron chi connectivity index (χ0n) is 12.7. The van der Waals surface area contributed by atoms with Gasteiger partial charge in [0.15, 0.2) is 17.6 Å². The van der Waals surface area contributed by atoms with Crippen LogP contribution in [0.5, 0.6) is 11.5 Å². The SMILES string of the molecule is C[C@@H](OC(=O)c1ccc(Cl)s1)C(=O)Nc1ccc2c(c1)OCCO2. The molecule has 1 atom stereocenters. The van der Waals surface area contributed by atoms with E-state index < -0.39 is 18.0 Å². The van der Waals surface area contributed by atoms with Crippen molar-refractivity contribution in [3.05, 3.63) is 39.5 Å². The van der Waals surface area contributed by atoms with E-state index in [2.05, 4.69) is 5.32 Å². The van der Waals surface area contributed by atoms with E-state index in [1.807, 2.05) is 0 Å². The molecule has 1 aromatic carbocycles. The summed E-state index contributed by atoms with van der Waals surface area (Å²) in [7, 11) is 0. The highest BCUT2D eigenvalue weighted by molar-refractivity contribution is 7.17. The Hall–Kier alpha value is -2.25. The van der Waals surface area contributed by atoms with Gasteiger partial charge in [0.05, 0.1) is 4.34 Å². The third kappa shape index (κ3) is 3.80. The molecule has 0 spiro atoms. The van der Waals surface area contributed by atoms with Gasteiger partial charge in [0, 0.05) is 11.8 Å². The van der Waals surface area contributed by atoms with Crippen molar-refractivity contribution in [2.45, 2.75) is 13.0 Å². The lowest BCUT2D eigenvalue weighted by Crippen LogP contribution is -2.29. The highest BCUT2D eigenvalue weighted by Gasteiger charge is 2.21. The van der Waals surface area contributed by atoms with Crippen molar-refractivity contribution in [3.8, 4) is 11.5 Å². The fourth-order valence-corrected chi connectivity index (χ4v) is 2.99. The molecule has 0 aliphatic carbocycles. The highest BCUT2D eigenvalue weighted by atomic mass is 35.5. The third-order valence-electron chi connectivity index (χ3n) is 3.24. The number of halogens is 1. The number of hydrogen-bond donors (Lipinski definition) is 1. The maximum absolute atomic E-state index is 12.2. The van der Waals surface area contributed by atoms with Gasteiger partial charge in [-0.15, -0.1) is 11.3 Å². The Kier molecular flexibility index (Phi) is 4.92. The lowest BCUT2D eigenvalue weighted by Gasteiger charge is -2.19. The molecule has 2 aromatic rings. The third-order valence-corrected chi connectivity index (χ3v) is 4.45. The van der Waals surface area contributed by atoms with Gasteiger partial charge in [-0.05, 0) is 31.2 Å². The number of fused-ring (bicyclic) bond motifs is 1. The Labute approximate surface area is 147 Å². The molecule has 0 saturated carbocycles. The van der Waals surface area contributed by atoms with E-state index in [1.165, 1.54) is 6.92 Å². The average molecular weight is 368 g/mol. The van der Waals surface area contributed by atoms with Crippen LogP contribution in [0.1, 0.15) is 16.6 Å². The van der Waals surface area contributed by atoms with Crippen LogP contribution < -0.4 is 14.8 Å². The van der Waals surface area contributed by atoms with Crippen LogP contribution in [0.25, 0.3) is 0 Å². The van der Waals surface area contributed by atoms with Crippen LogP contribution in [-0.4, -0.2) is 31.2 Å². The van der Waals surface area contributed by atoms with E-state index in [0.717, 1.165) is 11.3 Å². The second-order valence-corrected chi connectivity index (χ2v) is 6.71. The number of hydrogen-bond acceptors (Lipinski definition) is 6. The van der Waals surface area contributed by atoms with Gasteiger partial charge in [0.2, 0.25) is 0 Å². The molecular formula is C16H14ClNO5S. The van der Waals surface area contributed by atoms with Gasteiger partial charge in [-0.3, -0.25) is 4.79 Å². The molecule has 126 valence electrons. The van der Waals surface area contributed by atoms with E-state index >= 15 is 0 Å². The summed E-state index contributed by atoms with van der Waals surface area (Å²) in [6, 6.07) is 8.23. The zero-order chi connectivity index (χ0) is 17.1. The number of carbonyl (C=O) groups is 2. The van der Waals surface area contributed by atoms with Crippen LogP contribution in [0.4, 0.5) is 5.69 Å². The Bertz CT molecular complexity index is 776. The number of nitrogens with one attached hydrogen (secondary N) is 1. The van der Waals surface area contributed by atoms with E-state index in [0.29, 0.717) is 39.6 Å². The summed E-state index contributed by atoms with van der Waals surface area (Å²) in [5.41, 5.74) is 0.534. The highest BCUT2D eigenvalue weighted by Crippen LogP contribution is 2.32.